The molecule has 1 fully saturated rings. The van der Waals surface area contributed by atoms with Crippen LogP contribution < -0.4 is 19.9 Å². The third-order valence-corrected chi connectivity index (χ3v) is 3.73. The molecule has 1 aromatic rings. The van der Waals surface area contributed by atoms with Crippen molar-refractivity contribution in [3.63, 3.8) is 0 Å². The molecule has 0 radical (unpaired) electrons. The van der Waals surface area contributed by atoms with Crippen molar-refractivity contribution in [3.05, 3.63) is 17.7 Å². The molecule has 1 aromatic carbocycles. The van der Waals surface area contributed by atoms with Crippen LogP contribution in [0.4, 0.5) is 0 Å². The molecule has 0 spiro atoms. The molecule has 1 saturated carbocycles. The molecule has 2 N–H and O–H groups in total. The SMILES string of the molecule is COc1cc([C@H](N)C2CCC2)cc(OC)c1OC. The topological polar surface area (TPSA) is 53.7 Å². The first-order valence-corrected chi connectivity index (χ1v) is 6.26. The molecule has 1 atom stereocenters. The zero-order chi connectivity index (χ0) is 13.1. The molecule has 18 heavy (non-hydrogen) atoms. The van der Waals surface area contributed by atoms with Crippen molar-refractivity contribution in [2.24, 2.45) is 11.7 Å². The Morgan fingerprint density at radius 2 is 1.61 bits per heavy atom. The molecule has 0 heterocycles. The second kappa shape index (κ2) is 5.48. The van der Waals surface area contributed by atoms with Gasteiger partial charge in [0.1, 0.15) is 0 Å². The van der Waals surface area contributed by atoms with Gasteiger partial charge in [0.25, 0.3) is 0 Å². The second-order valence-electron chi connectivity index (χ2n) is 4.68. The van der Waals surface area contributed by atoms with Crippen LogP contribution in [0.5, 0.6) is 17.2 Å². The number of hydrogen-bond acceptors (Lipinski definition) is 4. The van der Waals surface area contributed by atoms with Crippen LogP contribution in [0.2, 0.25) is 0 Å². The Kier molecular flexibility index (Phi) is 3.97. The van der Waals surface area contributed by atoms with E-state index in [-0.39, 0.29) is 6.04 Å². The van der Waals surface area contributed by atoms with Crippen molar-refractivity contribution in [2.75, 3.05) is 21.3 Å². The van der Waals surface area contributed by atoms with Gasteiger partial charge in [-0.15, -0.1) is 0 Å². The Bertz CT molecular complexity index is 390. The standard InChI is InChI=1S/C14H21NO3/c1-16-11-7-10(13(15)9-5-4-6-9)8-12(17-2)14(11)18-3/h7-9,13H,4-6,15H2,1-3H3/t13-/m1/s1. The van der Waals surface area contributed by atoms with E-state index in [4.69, 9.17) is 19.9 Å². The summed E-state index contributed by atoms with van der Waals surface area (Å²) in [5.41, 5.74) is 7.34. The average Bonchev–Trinajstić information content (AvgIpc) is 2.34. The summed E-state index contributed by atoms with van der Waals surface area (Å²) in [6.45, 7) is 0. The minimum absolute atomic E-state index is 0.0486. The first-order chi connectivity index (χ1) is 8.71. The lowest BCUT2D eigenvalue weighted by Gasteiger charge is -2.32. The number of ether oxygens (including phenoxy) is 3. The minimum Gasteiger partial charge on any atom is -0.493 e. The molecule has 0 saturated heterocycles. The van der Waals surface area contributed by atoms with Crippen LogP contribution in [0.3, 0.4) is 0 Å². The normalized spacial score (nSPS) is 16.9. The highest BCUT2D eigenvalue weighted by Gasteiger charge is 2.27. The van der Waals surface area contributed by atoms with E-state index < -0.39 is 0 Å². The molecule has 0 amide bonds. The Labute approximate surface area is 108 Å². The summed E-state index contributed by atoms with van der Waals surface area (Å²) in [5, 5.41) is 0. The zero-order valence-electron chi connectivity index (χ0n) is 11.2. The van der Waals surface area contributed by atoms with E-state index in [1.807, 2.05) is 12.1 Å². The highest BCUT2D eigenvalue weighted by molar-refractivity contribution is 5.54. The van der Waals surface area contributed by atoms with Gasteiger partial charge in [0.2, 0.25) is 5.75 Å². The predicted molar refractivity (Wildman–Crippen MR) is 70.4 cm³/mol. The van der Waals surface area contributed by atoms with Crippen molar-refractivity contribution < 1.29 is 14.2 Å². The molecule has 0 aromatic heterocycles. The number of nitrogens with two attached hydrogens (primary N) is 1. The van der Waals surface area contributed by atoms with E-state index >= 15 is 0 Å². The highest BCUT2D eigenvalue weighted by Crippen LogP contribution is 2.43. The van der Waals surface area contributed by atoms with Crippen LogP contribution in [0.1, 0.15) is 30.9 Å². The van der Waals surface area contributed by atoms with Gasteiger partial charge in [-0.1, -0.05) is 6.42 Å². The van der Waals surface area contributed by atoms with E-state index in [0.717, 1.165) is 5.56 Å². The lowest BCUT2D eigenvalue weighted by molar-refractivity contribution is 0.262. The summed E-state index contributed by atoms with van der Waals surface area (Å²) in [6.07, 6.45) is 3.69. The van der Waals surface area contributed by atoms with Gasteiger partial charge >= 0.3 is 0 Å². The number of rotatable bonds is 5. The van der Waals surface area contributed by atoms with E-state index in [1.54, 1.807) is 21.3 Å². The molecule has 1 aliphatic rings. The van der Waals surface area contributed by atoms with E-state index in [2.05, 4.69) is 0 Å². The summed E-state index contributed by atoms with van der Waals surface area (Å²) < 4.78 is 16.0. The monoisotopic (exact) mass is 251 g/mol. The average molecular weight is 251 g/mol. The number of methoxy groups -OCH3 is 3. The summed E-state index contributed by atoms with van der Waals surface area (Å²) in [5.74, 6) is 2.53. The molecular formula is C14H21NO3. The van der Waals surface area contributed by atoms with Gasteiger partial charge in [-0.25, -0.2) is 0 Å². The van der Waals surface area contributed by atoms with Crippen LogP contribution in [0, 0.1) is 5.92 Å². The fourth-order valence-electron chi connectivity index (χ4n) is 2.36. The van der Waals surface area contributed by atoms with Gasteiger partial charge in [0.05, 0.1) is 21.3 Å². The Balaban J connectivity index is 2.35. The quantitative estimate of drug-likeness (QED) is 0.873. The third kappa shape index (κ3) is 2.25. The molecule has 2 rings (SSSR count). The summed E-state index contributed by atoms with van der Waals surface area (Å²) in [4.78, 5) is 0. The van der Waals surface area contributed by atoms with Crippen LogP contribution in [-0.4, -0.2) is 21.3 Å². The molecule has 100 valence electrons. The Hall–Kier alpha value is -1.42. The smallest absolute Gasteiger partial charge is 0.203 e. The van der Waals surface area contributed by atoms with E-state index in [9.17, 15) is 0 Å². The first kappa shape index (κ1) is 13.0. The van der Waals surface area contributed by atoms with Crippen LogP contribution in [0.15, 0.2) is 12.1 Å². The third-order valence-electron chi connectivity index (χ3n) is 3.73. The van der Waals surface area contributed by atoms with Crippen LogP contribution in [0.25, 0.3) is 0 Å². The molecule has 0 bridgehead atoms. The molecule has 4 nitrogen and oxygen atoms in total. The second-order valence-corrected chi connectivity index (χ2v) is 4.68. The fraction of sp³-hybridized carbons (Fsp3) is 0.571. The summed E-state index contributed by atoms with van der Waals surface area (Å²) >= 11 is 0. The van der Waals surface area contributed by atoms with Crippen LogP contribution in [-0.2, 0) is 0 Å². The Morgan fingerprint density at radius 3 is 1.94 bits per heavy atom. The van der Waals surface area contributed by atoms with Crippen molar-refractivity contribution in [2.45, 2.75) is 25.3 Å². The first-order valence-electron chi connectivity index (χ1n) is 6.26. The van der Waals surface area contributed by atoms with Crippen molar-refractivity contribution >= 4 is 0 Å². The van der Waals surface area contributed by atoms with Gasteiger partial charge < -0.3 is 19.9 Å². The highest BCUT2D eigenvalue weighted by atomic mass is 16.5. The van der Waals surface area contributed by atoms with Gasteiger partial charge in [-0.05, 0) is 36.5 Å². The molecule has 0 unspecified atom stereocenters. The van der Waals surface area contributed by atoms with Gasteiger partial charge in [0, 0.05) is 6.04 Å². The van der Waals surface area contributed by atoms with Crippen molar-refractivity contribution in [1.29, 1.82) is 0 Å². The minimum atomic E-state index is 0.0486. The lowest BCUT2D eigenvalue weighted by Crippen LogP contribution is -2.26. The number of hydrogen-bond donors (Lipinski definition) is 1. The van der Waals surface area contributed by atoms with E-state index in [0.29, 0.717) is 23.2 Å². The molecule has 0 aliphatic heterocycles. The maximum atomic E-state index is 6.29. The summed E-state index contributed by atoms with van der Waals surface area (Å²) in [6, 6.07) is 3.95. The van der Waals surface area contributed by atoms with Gasteiger partial charge in [0.15, 0.2) is 11.5 Å². The summed E-state index contributed by atoms with van der Waals surface area (Å²) in [7, 11) is 4.85. The van der Waals surface area contributed by atoms with Gasteiger partial charge in [-0.2, -0.15) is 0 Å². The maximum Gasteiger partial charge on any atom is 0.203 e. The predicted octanol–water partition coefficient (Wildman–Crippen LogP) is 2.51. The van der Waals surface area contributed by atoms with E-state index in [1.165, 1.54) is 19.3 Å². The number of benzene rings is 1. The molecule has 1 aliphatic carbocycles. The van der Waals surface area contributed by atoms with Crippen LogP contribution >= 0.6 is 0 Å². The zero-order valence-corrected chi connectivity index (χ0v) is 11.2. The Morgan fingerprint density at radius 1 is 1.06 bits per heavy atom. The maximum absolute atomic E-state index is 6.29. The van der Waals surface area contributed by atoms with Crippen molar-refractivity contribution in [1.82, 2.24) is 0 Å². The fourth-order valence-corrected chi connectivity index (χ4v) is 2.36. The molecule has 4 heteroatoms. The molecular weight excluding hydrogens is 230 g/mol. The van der Waals surface area contributed by atoms with Crippen molar-refractivity contribution in [3.8, 4) is 17.2 Å². The largest absolute Gasteiger partial charge is 0.493 e. The van der Waals surface area contributed by atoms with Gasteiger partial charge in [-0.3, -0.25) is 0 Å². The lowest BCUT2D eigenvalue weighted by atomic mass is 9.77.